The quantitative estimate of drug-likeness (QED) is 0.369. The molecule has 0 bridgehead atoms. The predicted octanol–water partition coefficient (Wildman–Crippen LogP) is 5.13. The van der Waals surface area contributed by atoms with E-state index in [1.807, 2.05) is 0 Å². The average molecular weight is 192 g/mol. The van der Waals surface area contributed by atoms with Gasteiger partial charge >= 0.3 is 42.6 Å². The zero-order valence-electron chi connectivity index (χ0n) is 11.1. The molecule has 0 aromatic rings. The first-order chi connectivity index (χ1) is 6.83. The Bertz CT molecular complexity index is 63.6. The molecule has 0 heterocycles. The van der Waals surface area contributed by atoms with Gasteiger partial charge in [0.1, 0.15) is 0 Å². The summed E-state index contributed by atoms with van der Waals surface area (Å²) in [7, 11) is 0. The number of rotatable bonds is 8. The van der Waals surface area contributed by atoms with Crippen molar-refractivity contribution in [2.75, 3.05) is 0 Å². The third-order valence-electron chi connectivity index (χ3n) is 2.41. The minimum atomic E-state index is 1.34. The molecule has 0 spiro atoms. The maximum absolute atomic E-state index is 2.26. The Labute approximate surface area is 101 Å². The van der Waals surface area contributed by atoms with Crippen LogP contribution in [0.25, 0.3) is 0 Å². The van der Waals surface area contributed by atoms with Gasteiger partial charge < -0.3 is 0 Å². The van der Waals surface area contributed by atoms with Crippen LogP contribution in [0.5, 0.6) is 0 Å². The van der Waals surface area contributed by atoms with E-state index in [9.17, 15) is 0 Å². The van der Waals surface area contributed by atoms with Crippen molar-refractivity contribution in [3.05, 3.63) is 0 Å². The molecule has 0 amide bonds. The second-order valence-corrected chi connectivity index (χ2v) is 4.12. The van der Waals surface area contributed by atoms with Gasteiger partial charge in [-0.2, -0.15) is 0 Å². The summed E-state index contributed by atoms with van der Waals surface area (Å²) >= 11 is 2.21. The molecule has 0 radical (unpaired) electrons. The molecule has 0 saturated heterocycles. The second kappa shape index (κ2) is 19.2. The summed E-state index contributed by atoms with van der Waals surface area (Å²) in [6, 6.07) is 0. The Hall–Kier alpha value is 0.597. The maximum atomic E-state index is 2.26. The van der Waals surface area contributed by atoms with Crippen molar-refractivity contribution in [1.82, 2.24) is 0 Å². The minimum absolute atomic E-state index is 1.34. The van der Waals surface area contributed by atoms with Gasteiger partial charge in [-0.15, -0.1) is 0 Å². The molecule has 0 aromatic heterocycles. The van der Waals surface area contributed by atoms with E-state index in [4.69, 9.17) is 0 Å². The normalized spacial score (nSPS) is 9.50. The van der Waals surface area contributed by atoms with Crippen LogP contribution in [0.3, 0.4) is 0 Å². The Morgan fingerprint density at radius 1 is 0.571 bits per heavy atom. The summed E-state index contributed by atoms with van der Waals surface area (Å²) in [4.78, 5) is 0. The fraction of sp³-hybridized carbons (Fsp3) is 1.00. The van der Waals surface area contributed by atoms with Gasteiger partial charge in [0, 0.05) is 0 Å². The number of hydrogen-bond acceptors (Lipinski definition) is 0. The van der Waals surface area contributed by atoms with Crippen LogP contribution in [0.2, 0.25) is 5.09 Å². The zero-order chi connectivity index (χ0) is 11.1. The SMILES string of the molecule is CCCCCCCCC.[Li][CH2]CCC. The predicted molar refractivity (Wildman–Crippen MR) is 69.1 cm³/mol. The van der Waals surface area contributed by atoms with E-state index in [1.54, 1.807) is 0 Å². The van der Waals surface area contributed by atoms with Crippen LogP contribution in [0.15, 0.2) is 0 Å². The Morgan fingerprint density at radius 2 is 0.929 bits per heavy atom. The second-order valence-electron chi connectivity index (χ2n) is 4.12. The van der Waals surface area contributed by atoms with Crippen molar-refractivity contribution in [3.63, 3.8) is 0 Å². The van der Waals surface area contributed by atoms with Crippen molar-refractivity contribution >= 4 is 17.7 Å². The molecule has 0 aliphatic carbocycles. The molecule has 0 aromatic carbocycles. The van der Waals surface area contributed by atoms with Crippen LogP contribution >= 0.6 is 0 Å². The van der Waals surface area contributed by atoms with E-state index in [-0.39, 0.29) is 0 Å². The van der Waals surface area contributed by atoms with Crippen LogP contribution < -0.4 is 0 Å². The molecule has 0 unspecified atom stereocenters. The van der Waals surface area contributed by atoms with Crippen LogP contribution in [0.4, 0.5) is 0 Å². The summed E-state index contributed by atoms with van der Waals surface area (Å²) in [5, 5.41) is 1.34. The first-order valence-corrected chi connectivity index (χ1v) is 6.83. The van der Waals surface area contributed by atoms with Gasteiger partial charge in [-0.3, -0.25) is 0 Å². The number of unbranched alkanes of at least 4 members (excludes halogenated alkanes) is 7. The Balaban J connectivity index is 0. The molecule has 0 rings (SSSR count). The fourth-order valence-electron chi connectivity index (χ4n) is 1.38. The van der Waals surface area contributed by atoms with Gasteiger partial charge in [0.05, 0.1) is 0 Å². The van der Waals surface area contributed by atoms with Gasteiger partial charge in [-0.25, -0.2) is 0 Å². The molecule has 14 heavy (non-hydrogen) atoms. The van der Waals surface area contributed by atoms with Crippen LogP contribution in [-0.4, -0.2) is 17.7 Å². The standard InChI is InChI=1S/C9H20.C4H9.Li/c1-3-5-7-9-8-6-4-2;1-3-4-2;/h3-9H2,1-2H3;1,3-4H2,2H3;. The van der Waals surface area contributed by atoms with E-state index in [0.717, 1.165) is 0 Å². The summed E-state index contributed by atoms with van der Waals surface area (Å²) in [6.45, 7) is 6.74. The summed E-state index contributed by atoms with van der Waals surface area (Å²) in [5.41, 5.74) is 0. The molecule has 1 heteroatoms. The van der Waals surface area contributed by atoms with Crippen molar-refractivity contribution in [2.45, 2.75) is 83.7 Å². The van der Waals surface area contributed by atoms with Gasteiger partial charge in [-0.1, -0.05) is 58.8 Å². The summed E-state index contributed by atoms with van der Waals surface area (Å²) in [6.07, 6.45) is 12.7. The Kier molecular flexibility index (Phi) is 23.3. The molecule has 0 saturated carbocycles. The summed E-state index contributed by atoms with van der Waals surface area (Å²) < 4.78 is 0. The zero-order valence-corrected chi connectivity index (χ0v) is 11.1. The van der Waals surface area contributed by atoms with E-state index in [1.165, 1.54) is 62.9 Å². The third-order valence-corrected chi connectivity index (χ3v) is 2.41. The molecule has 0 aliphatic heterocycles. The van der Waals surface area contributed by atoms with Gasteiger partial charge in [0.15, 0.2) is 0 Å². The molecule has 0 N–H and O–H groups in total. The molecule has 0 nitrogen and oxygen atoms in total. The molecule has 82 valence electrons. The first-order valence-electron chi connectivity index (χ1n) is 6.83. The molecule has 0 aliphatic rings. The van der Waals surface area contributed by atoms with Crippen molar-refractivity contribution in [2.24, 2.45) is 0 Å². The monoisotopic (exact) mass is 192 g/mol. The van der Waals surface area contributed by atoms with Gasteiger partial charge in [0.2, 0.25) is 0 Å². The van der Waals surface area contributed by atoms with Crippen molar-refractivity contribution < 1.29 is 0 Å². The first kappa shape index (κ1) is 17.0. The van der Waals surface area contributed by atoms with Crippen LogP contribution in [0.1, 0.15) is 78.6 Å². The molecule has 0 fully saturated rings. The Morgan fingerprint density at radius 3 is 1.14 bits per heavy atom. The summed E-state index contributed by atoms with van der Waals surface area (Å²) in [5.74, 6) is 0. The molecule has 0 atom stereocenters. The topological polar surface area (TPSA) is 0 Å². The molecular weight excluding hydrogens is 163 g/mol. The average Bonchev–Trinajstić information content (AvgIpc) is 2.20. The third kappa shape index (κ3) is 22.9. The van der Waals surface area contributed by atoms with E-state index < -0.39 is 0 Å². The van der Waals surface area contributed by atoms with Crippen molar-refractivity contribution in [1.29, 1.82) is 0 Å². The van der Waals surface area contributed by atoms with E-state index in [0.29, 0.717) is 0 Å². The van der Waals surface area contributed by atoms with Gasteiger partial charge in [-0.05, 0) is 0 Å². The van der Waals surface area contributed by atoms with E-state index >= 15 is 0 Å². The molecular formula is C13H29Li. The van der Waals surface area contributed by atoms with Crippen molar-refractivity contribution in [3.8, 4) is 0 Å². The van der Waals surface area contributed by atoms with Crippen LogP contribution in [-0.2, 0) is 0 Å². The van der Waals surface area contributed by atoms with E-state index in [2.05, 4.69) is 38.5 Å². The van der Waals surface area contributed by atoms with Gasteiger partial charge in [0.25, 0.3) is 0 Å². The fourth-order valence-corrected chi connectivity index (χ4v) is 1.38. The number of hydrogen-bond donors (Lipinski definition) is 0. The van der Waals surface area contributed by atoms with Crippen LogP contribution in [0, 0.1) is 0 Å².